The molecular formula is C15H14N4O2S2. The van der Waals surface area contributed by atoms with E-state index in [-0.39, 0.29) is 11.9 Å². The van der Waals surface area contributed by atoms with Gasteiger partial charge in [0.2, 0.25) is 5.13 Å². The maximum atomic E-state index is 9.37. The summed E-state index contributed by atoms with van der Waals surface area (Å²) in [5, 5.41) is 22.7. The van der Waals surface area contributed by atoms with Gasteiger partial charge in [0.1, 0.15) is 21.9 Å². The molecule has 118 valence electrons. The summed E-state index contributed by atoms with van der Waals surface area (Å²) in [4.78, 5) is 6.53. The molecule has 0 spiro atoms. The van der Waals surface area contributed by atoms with Crippen molar-refractivity contribution in [3.8, 4) is 16.3 Å². The molecule has 1 saturated heterocycles. The van der Waals surface area contributed by atoms with Gasteiger partial charge < -0.3 is 14.7 Å². The fourth-order valence-corrected chi connectivity index (χ4v) is 3.99. The molecule has 0 amide bonds. The highest BCUT2D eigenvalue weighted by molar-refractivity contribution is 7.18. The lowest BCUT2D eigenvalue weighted by Crippen LogP contribution is -2.38. The highest BCUT2D eigenvalue weighted by atomic mass is 32.1. The Morgan fingerprint density at radius 3 is 2.87 bits per heavy atom. The lowest BCUT2D eigenvalue weighted by Gasteiger charge is -2.31. The number of rotatable bonds is 3. The first-order valence-electron chi connectivity index (χ1n) is 7.18. The SMILES string of the molecule is Oc1ccc(-c2nnc(N3CCOC(c4nccs4)C3)s2)cc1. The number of hydrogen-bond acceptors (Lipinski definition) is 8. The molecular weight excluding hydrogens is 332 g/mol. The lowest BCUT2D eigenvalue weighted by molar-refractivity contribution is 0.0396. The number of phenolic OH excluding ortho intramolecular Hbond substituents is 1. The Balaban J connectivity index is 1.53. The molecule has 0 aliphatic carbocycles. The van der Waals surface area contributed by atoms with Crippen LogP contribution in [0.4, 0.5) is 5.13 Å². The Morgan fingerprint density at radius 2 is 2.09 bits per heavy atom. The zero-order valence-corrected chi connectivity index (χ0v) is 13.8. The van der Waals surface area contributed by atoms with Crippen molar-refractivity contribution >= 4 is 27.8 Å². The van der Waals surface area contributed by atoms with Crippen molar-refractivity contribution in [2.45, 2.75) is 6.10 Å². The molecule has 4 rings (SSSR count). The topological polar surface area (TPSA) is 71.4 Å². The second kappa shape index (κ2) is 6.23. The van der Waals surface area contributed by atoms with Crippen LogP contribution in [0.1, 0.15) is 11.1 Å². The van der Waals surface area contributed by atoms with Gasteiger partial charge in [0, 0.05) is 23.7 Å². The van der Waals surface area contributed by atoms with Gasteiger partial charge >= 0.3 is 0 Å². The normalized spacial score (nSPS) is 18.3. The van der Waals surface area contributed by atoms with Gasteiger partial charge in [0.15, 0.2) is 0 Å². The van der Waals surface area contributed by atoms with Gasteiger partial charge in [-0.25, -0.2) is 4.98 Å². The Hall–Kier alpha value is -2.03. The van der Waals surface area contributed by atoms with Crippen LogP contribution in [0.15, 0.2) is 35.8 Å². The summed E-state index contributed by atoms with van der Waals surface area (Å²) >= 11 is 3.16. The summed E-state index contributed by atoms with van der Waals surface area (Å²) in [6, 6.07) is 7.00. The molecule has 3 aromatic rings. The number of anilines is 1. The highest BCUT2D eigenvalue weighted by Gasteiger charge is 2.26. The molecule has 0 radical (unpaired) electrons. The highest BCUT2D eigenvalue weighted by Crippen LogP contribution is 2.32. The van der Waals surface area contributed by atoms with Gasteiger partial charge in [-0.2, -0.15) is 0 Å². The molecule has 23 heavy (non-hydrogen) atoms. The second-order valence-corrected chi connectivity index (χ2v) is 6.99. The van der Waals surface area contributed by atoms with E-state index in [0.29, 0.717) is 6.61 Å². The first kappa shape index (κ1) is 14.6. The van der Waals surface area contributed by atoms with Gasteiger partial charge in [-0.1, -0.05) is 11.3 Å². The molecule has 8 heteroatoms. The summed E-state index contributed by atoms with van der Waals surface area (Å²) in [5.41, 5.74) is 0.955. The molecule has 2 aromatic heterocycles. The smallest absolute Gasteiger partial charge is 0.208 e. The van der Waals surface area contributed by atoms with Crippen LogP contribution in [0.5, 0.6) is 5.75 Å². The average Bonchev–Trinajstić information content (AvgIpc) is 3.28. The maximum absolute atomic E-state index is 9.37. The summed E-state index contributed by atoms with van der Waals surface area (Å²) in [6.45, 7) is 2.18. The number of benzene rings is 1. The van der Waals surface area contributed by atoms with Crippen LogP contribution in [-0.2, 0) is 4.74 Å². The number of phenols is 1. The van der Waals surface area contributed by atoms with Crippen LogP contribution >= 0.6 is 22.7 Å². The zero-order chi connectivity index (χ0) is 15.6. The van der Waals surface area contributed by atoms with Crippen molar-refractivity contribution < 1.29 is 9.84 Å². The van der Waals surface area contributed by atoms with Gasteiger partial charge in [-0.05, 0) is 24.3 Å². The minimum Gasteiger partial charge on any atom is -0.508 e. The van der Waals surface area contributed by atoms with Crippen LogP contribution in [0.3, 0.4) is 0 Å². The second-order valence-electron chi connectivity index (χ2n) is 5.11. The van der Waals surface area contributed by atoms with Crippen LogP contribution in [0, 0.1) is 0 Å². The van der Waals surface area contributed by atoms with E-state index in [9.17, 15) is 5.11 Å². The van der Waals surface area contributed by atoms with Crippen molar-refractivity contribution in [3.05, 3.63) is 40.8 Å². The van der Waals surface area contributed by atoms with E-state index >= 15 is 0 Å². The average molecular weight is 346 g/mol. The van der Waals surface area contributed by atoms with Crippen molar-refractivity contribution in [2.75, 3.05) is 24.6 Å². The molecule has 1 fully saturated rings. The molecule has 1 aliphatic rings. The minimum absolute atomic E-state index is 0.00947. The molecule has 0 saturated carbocycles. The third-order valence-electron chi connectivity index (χ3n) is 3.59. The molecule has 0 bridgehead atoms. The summed E-state index contributed by atoms with van der Waals surface area (Å²) < 4.78 is 5.81. The van der Waals surface area contributed by atoms with Crippen LogP contribution in [0.2, 0.25) is 0 Å². The van der Waals surface area contributed by atoms with Gasteiger partial charge in [-0.15, -0.1) is 21.5 Å². The summed E-state index contributed by atoms with van der Waals surface area (Å²) in [6.07, 6.45) is 1.79. The van der Waals surface area contributed by atoms with Gasteiger partial charge in [-0.3, -0.25) is 0 Å². The van der Waals surface area contributed by atoms with Crippen molar-refractivity contribution in [1.29, 1.82) is 0 Å². The van der Waals surface area contributed by atoms with E-state index in [4.69, 9.17) is 4.74 Å². The van der Waals surface area contributed by atoms with Gasteiger partial charge in [0.05, 0.1) is 13.2 Å². The number of thiazole rings is 1. The zero-order valence-electron chi connectivity index (χ0n) is 12.1. The number of morpholine rings is 1. The van der Waals surface area contributed by atoms with E-state index in [2.05, 4.69) is 20.1 Å². The minimum atomic E-state index is -0.00947. The van der Waals surface area contributed by atoms with E-state index in [1.807, 2.05) is 17.5 Å². The molecule has 3 heterocycles. The number of ether oxygens (including phenoxy) is 1. The quantitative estimate of drug-likeness (QED) is 0.786. The van der Waals surface area contributed by atoms with Crippen molar-refractivity contribution in [3.63, 3.8) is 0 Å². The number of nitrogens with zero attached hydrogens (tertiary/aromatic N) is 4. The number of hydrogen-bond donors (Lipinski definition) is 1. The third kappa shape index (κ3) is 3.05. The van der Waals surface area contributed by atoms with Crippen LogP contribution in [0.25, 0.3) is 10.6 Å². The largest absolute Gasteiger partial charge is 0.508 e. The first-order valence-corrected chi connectivity index (χ1v) is 8.88. The molecule has 1 aromatic carbocycles. The van der Waals surface area contributed by atoms with Crippen LogP contribution < -0.4 is 4.90 Å². The molecule has 1 aliphatic heterocycles. The van der Waals surface area contributed by atoms with E-state index in [1.54, 1.807) is 41.0 Å². The Labute approximate surface area is 141 Å². The van der Waals surface area contributed by atoms with E-state index < -0.39 is 0 Å². The predicted octanol–water partition coefficient (Wildman–Crippen LogP) is 2.95. The molecule has 6 nitrogen and oxygen atoms in total. The summed E-state index contributed by atoms with van der Waals surface area (Å²) in [5.74, 6) is 0.248. The Kier molecular flexibility index (Phi) is 3.94. The number of aromatic hydroxyl groups is 1. The summed E-state index contributed by atoms with van der Waals surface area (Å²) in [7, 11) is 0. The van der Waals surface area contributed by atoms with E-state index in [1.165, 1.54) is 0 Å². The Morgan fingerprint density at radius 1 is 1.22 bits per heavy atom. The van der Waals surface area contributed by atoms with Crippen molar-refractivity contribution in [2.24, 2.45) is 0 Å². The monoisotopic (exact) mass is 346 g/mol. The fraction of sp³-hybridized carbons (Fsp3) is 0.267. The molecule has 1 unspecified atom stereocenters. The third-order valence-corrected chi connectivity index (χ3v) is 5.49. The van der Waals surface area contributed by atoms with Gasteiger partial charge in [0.25, 0.3) is 0 Å². The first-order chi connectivity index (χ1) is 11.3. The van der Waals surface area contributed by atoms with E-state index in [0.717, 1.165) is 33.8 Å². The fourth-order valence-electron chi connectivity index (χ4n) is 2.43. The lowest BCUT2D eigenvalue weighted by atomic mass is 10.2. The number of aromatic nitrogens is 3. The molecule has 1 atom stereocenters. The maximum Gasteiger partial charge on any atom is 0.208 e. The van der Waals surface area contributed by atoms with Crippen molar-refractivity contribution in [1.82, 2.24) is 15.2 Å². The Bertz CT molecular complexity index is 773. The standard InChI is InChI=1S/C15H14N4O2S2/c20-11-3-1-10(2-4-11)13-17-18-15(23-13)19-6-7-21-12(9-19)14-16-5-8-22-14/h1-5,8,12,20H,6-7,9H2. The predicted molar refractivity (Wildman–Crippen MR) is 90.0 cm³/mol. The molecule has 1 N–H and O–H groups in total. The van der Waals surface area contributed by atoms with Crippen LogP contribution in [-0.4, -0.2) is 40.0 Å².